The number of rotatable bonds is 4. The highest BCUT2D eigenvalue weighted by Crippen LogP contribution is 2.22. The summed E-state index contributed by atoms with van der Waals surface area (Å²) in [5.74, 6) is 2.30. The predicted molar refractivity (Wildman–Crippen MR) is 67.4 cm³/mol. The van der Waals surface area contributed by atoms with Gasteiger partial charge in [-0.1, -0.05) is 22.9 Å². The molecule has 3 heteroatoms. The SMILES string of the molecule is Cc1cc(Br)ccc1OCC(C)CS. The summed E-state index contributed by atoms with van der Waals surface area (Å²) in [6, 6.07) is 6.04. The van der Waals surface area contributed by atoms with Gasteiger partial charge in [-0.3, -0.25) is 0 Å². The lowest BCUT2D eigenvalue weighted by Crippen LogP contribution is -2.10. The zero-order valence-corrected chi connectivity index (χ0v) is 10.9. The van der Waals surface area contributed by atoms with Crippen molar-refractivity contribution in [2.45, 2.75) is 13.8 Å². The Labute approximate surface area is 99.4 Å². The molecule has 0 fully saturated rings. The van der Waals surface area contributed by atoms with Crippen molar-refractivity contribution < 1.29 is 4.74 Å². The molecule has 14 heavy (non-hydrogen) atoms. The summed E-state index contributed by atoms with van der Waals surface area (Å²) < 4.78 is 6.76. The van der Waals surface area contributed by atoms with E-state index in [0.717, 1.165) is 28.1 Å². The fourth-order valence-corrected chi connectivity index (χ4v) is 1.64. The molecule has 0 aromatic heterocycles. The van der Waals surface area contributed by atoms with Crippen LogP contribution in [0.3, 0.4) is 0 Å². The van der Waals surface area contributed by atoms with Crippen molar-refractivity contribution >= 4 is 28.6 Å². The van der Waals surface area contributed by atoms with E-state index in [4.69, 9.17) is 4.74 Å². The zero-order valence-electron chi connectivity index (χ0n) is 8.46. The molecule has 0 aliphatic carbocycles. The molecule has 0 aliphatic heterocycles. The Bertz CT molecular complexity index is 301. The minimum atomic E-state index is 0.487. The van der Waals surface area contributed by atoms with Crippen LogP contribution in [0.1, 0.15) is 12.5 Å². The second-order valence-electron chi connectivity index (χ2n) is 3.51. The Morgan fingerprint density at radius 2 is 2.21 bits per heavy atom. The van der Waals surface area contributed by atoms with E-state index < -0.39 is 0 Å². The lowest BCUT2D eigenvalue weighted by molar-refractivity contribution is 0.272. The molecule has 0 saturated carbocycles. The van der Waals surface area contributed by atoms with Gasteiger partial charge in [0.25, 0.3) is 0 Å². The number of halogens is 1. The van der Waals surface area contributed by atoms with Gasteiger partial charge < -0.3 is 4.74 Å². The van der Waals surface area contributed by atoms with Crippen molar-refractivity contribution in [2.75, 3.05) is 12.4 Å². The van der Waals surface area contributed by atoms with Gasteiger partial charge in [0.2, 0.25) is 0 Å². The summed E-state index contributed by atoms with van der Waals surface area (Å²) in [5.41, 5.74) is 1.16. The van der Waals surface area contributed by atoms with Crippen LogP contribution in [0.2, 0.25) is 0 Å². The first-order valence-corrected chi connectivity index (χ1v) is 6.06. The number of benzene rings is 1. The maximum atomic E-state index is 5.67. The third kappa shape index (κ3) is 3.54. The second kappa shape index (κ2) is 5.66. The van der Waals surface area contributed by atoms with Crippen molar-refractivity contribution in [1.29, 1.82) is 0 Å². The molecule has 0 spiro atoms. The maximum absolute atomic E-state index is 5.67. The van der Waals surface area contributed by atoms with Crippen LogP contribution in [-0.4, -0.2) is 12.4 Å². The number of thiol groups is 1. The molecule has 0 saturated heterocycles. The standard InChI is InChI=1S/C11H15BrOS/c1-8(7-14)6-13-11-4-3-10(12)5-9(11)2/h3-5,8,14H,6-7H2,1-2H3. The highest BCUT2D eigenvalue weighted by Gasteiger charge is 2.03. The Morgan fingerprint density at radius 3 is 2.79 bits per heavy atom. The van der Waals surface area contributed by atoms with E-state index in [1.807, 2.05) is 19.1 Å². The fourth-order valence-electron chi connectivity index (χ4n) is 1.06. The zero-order chi connectivity index (χ0) is 10.6. The molecule has 1 aromatic rings. The lowest BCUT2D eigenvalue weighted by Gasteiger charge is -2.12. The molecule has 1 nitrogen and oxygen atoms in total. The Balaban J connectivity index is 2.59. The fraction of sp³-hybridized carbons (Fsp3) is 0.455. The maximum Gasteiger partial charge on any atom is 0.122 e. The van der Waals surface area contributed by atoms with Gasteiger partial charge in [-0.15, -0.1) is 0 Å². The molecule has 1 atom stereocenters. The second-order valence-corrected chi connectivity index (χ2v) is 4.79. The van der Waals surface area contributed by atoms with Crippen LogP contribution in [0.5, 0.6) is 5.75 Å². The van der Waals surface area contributed by atoms with Gasteiger partial charge in [-0.2, -0.15) is 12.6 Å². The largest absolute Gasteiger partial charge is 0.493 e. The summed E-state index contributed by atoms with van der Waals surface area (Å²) in [6.45, 7) is 4.90. The normalized spacial score (nSPS) is 12.6. The van der Waals surface area contributed by atoms with E-state index >= 15 is 0 Å². The lowest BCUT2D eigenvalue weighted by atomic mass is 10.2. The third-order valence-corrected chi connectivity index (χ3v) is 3.09. The van der Waals surface area contributed by atoms with Gasteiger partial charge in [0.1, 0.15) is 5.75 Å². The summed E-state index contributed by atoms with van der Waals surface area (Å²) >= 11 is 7.64. The van der Waals surface area contributed by atoms with Crippen LogP contribution in [0, 0.1) is 12.8 Å². The first-order valence-electron chi connectivity index (χ1n) is 4.63. The third-order valence-electron chi connectivity index (χ3n) is 1.97. The molecular formula is C11H15BrOS. The summed E-state index contributed by atoms with van der Waals surface area (Å²) in [7, 11) is 0. The van der Waals surface area contributed by atoms with Crippen molar-refractivity contribution in [3.05, 3.63) is 28.2 Å². The minimum absolute atomic E-state index is 0.487. The average molecular weight is 275 g/mol. The quantitative estimate of drug-likeness (QED) is 0.824. The van der Waals surface area contributed by atoms with Gasteiger partial charge in [0.05, 0.1) is 6.61 Å². The van der Waals surface area contributed by atoms with E-state index in [1.54, 1.807) is 0 Å². The first-order chi connectivity index (χ1) is 6.63. The number of hydrogen-bond acceptors (Lipinski definition) is 2. The smallest absolute Gasteiger partial charge is 0.122 e. The molecular weight excluding hydrogens is 260 g/mol. The number of ether oxygens (including phenoxy) is 1. The van der Waals surface area contributed by atoms with Crippen LogP contribution in [0.15, 0.2) is 22.7 Å². The van der Waals surface area contributed by atoms with Crippen LogP contribution in [0.25, 0.3) is 0 Å². The van der Waals surface area contributed by atoms with Crippen molar-refractivity contribution in [3.63, 3.8) is 0 Å². The summed E-state index contributed by atoms with van der Waals surface area (Å²) in [6.07, 6.45) is 0. The van der Waals surface area contributed by atoms with E-state index in [1.165, 1.54) is 0 Å². The molecule has 0 amide bonds. The summed E-state index contributed by atoms with van der Waals surface area (Å²) in [5, 5.41) is 0. The van der Waals surface area contributed by atoms with Gasteiger partial charge in [-0.25, -0.2) is 0 Å². The monoisotopic (exact) mass is 274 g/mol. The van der Waals surface area contributed by atoms with Gasteiger partial charge in [-0.05, 0) is 42.4 Å². The molecule has 1 aromatic carbocycles. The van der Waals surface area contributed by atoms with Crippen LogP contribution >= 0.6 is 28.6 Å². The van der Waals surface area contributed by atoms with Gasteiger partial charge in [0.15, 0.2) is 0 Å². The van der Waals surface area contributed by atoms with E-state index in [2.05, 4.69) is 41.5 Å². The molecule has 1 unspecified atom stereocenters. The Morgan fingerprint density at radius 1 is 1.50 bits per heavy atom. The van der Waals surface area contributed by atoms with Crippen LogP contribution in [0.4, 0.5) is 0 Å². The number of hydrogen-bond donors (Lipinski definition) is 1. The molecule has 0 aliphatic rings. The molecule has 0 bridgehead atoms. The highest BCUT2D eigenvalue weighted by atomic mass is 79.9. The van der Waals surface area contributed by atoms with Crippen molar-refractivity contribution in [1.82, 2.24) is 0 Å². The first kappa shape index (κ1) is 11.9. The van der Waals surface area contributed by atoms with Gasteiger partial charge >= 0.3 is 0 Å². The summed E-state index contributed by atoms with van der Waals surface area (Å²) in [4.78, 5) is 0. The molecule has 1 rings (SSSR count). The van der Waals surface area contributed by atoms with E-state index in [-0.39, 0.29) is 0 Å². The predicted octanol–water partition coefficient (Wildman–Crippen LogP) is 3.70. The highest BCUT2D eigenvalue weighted by molar-refractivity contribution is 9.10. The molecule has 0 heterocycles. The van der Waals surface area contributed by atoms with E-state index in [0.29, 0.717) is 5.92 Å². The molecule has 78 valence electrons. The van der Waals surface area contributed by atoms with Crippen molar-refractivity contribution in [3.8, 4) is 5.75 Å². The van der Waals surface area contributed by atoms with Gasteiger partial charge in [0, 0.05) is 4.47 Å². The Kier molecular flexibility index (Phi) is 4.82. The topological polar surface area (TPSA) is 9.23 Å². The molecule has 0 N–H and O–H groups in total. The minimum Gasteiger partial charge on any atom is -0.493 e. The average Bonchev–Trinajstić information content (AvgIpc) is 2.16. The Hall–Kier alpha value is -0.150. The van der Waals surface area contributed by atoms with Crippen LogP contribution < -0.4 is 4.74 Å². The van der Waals surface area contributed by atoms with Crippen molar-refractivity contribution in [2.24, 2.45) is 5.92 Å². The van der Waals surface area contributed by atoms with Crippen LogP contribution in [-0.2, 0) is 0 Å². The number of aryl methyl sites for hydroxylation is 1. The molecule has 0 radical (unpaired) electrons. The van der Waals surface area contributed by atoms with E-state index in [9.17, 15) is 0 Å².